The molecule has 1 saturated heterocycles. The first kappa shape index (κ1) is 13.4. The standard InChI is InChI=1S/C9H18N2O4S/c1-7(2)16(13,14)11-4-5-15-6-8(11)9(12)10-3/h7-8H,4-6H2,1-3H3,(H,10,12). The summed E-state index contributed by atoms with van der Waals surface area (Å²) in [5.74, 6) is -0.330. The summed E-state index contributed by atoms with van der Waals surface area (Å²) < 4.78 is 30.4. The van der Waals surface area contributed by atoms with E-state index in [2.05, 4.69) is 5.32 Å². The summed E-state index contributed by atoms with van der Waals surface area (Å²) in [6, 6.07) is -0.744. The van der Waals surface area contributed by atoms with Crippen molar-refractivity contribution in [1.29, 1.82) is 0 Å². The smallest absolute Gasteiger partial charge is 0.240 e. The Labute approximate surface area is 96.0 Å². The summed E-state index contributed by atoms with van der Waals surface area (Å²) in [6.07, 6.45) is 0. The van der Waals surface area contributed by atoms with Gasteiger partial charge in [-0.25, -0.2) is 8.42 Å². The molecule has 1 aliphatic heterocycles. The number of hydrogen-bond donors (Lipinski definition) is 1. The van der Waals surface area contributed by atoms with E-state index in [9.17, 15) is 13.2 Å². The second-order valence-corrected chi connectivity index (χ2v) is 6.35. The molecule has 0 aromatic heterocycles. The van der Waals surface area contributed by atoms with Crippen LogP contribution in [0.5, 0.6) is 0 Å². The van der Waals surface area contributed by atoms with Crippen molar-refractivity contribution in [2.45, 2.75) is 25.1 Å². The van der Waals surface area contributed by atoms with Crippen molar-refractivity contribution in [2.24, 2.45) is 0 Å². The highest BCUT2D eigenvalue weighted by molar-refractivity contribution is 7.89. The number of sulfonamides is 1. The molecule has 0 saturated carbocycles. The van der Waals surface area contributed by atoms with Crippen molar-refractivity contribution >= 4 is 15.9 Å². The molecule has 0 aromatic rings. The van der Waals surface area contributed by atoms with Crippen LogP contribution in [0.15, 0.2) is 0 Å². The number of hydrogen-bond acceptors (Lipinski definition) is 4. The van der Waals surface area contributed by atoms with E-state index in [0.717, 1.165) is 0 Å². The van der Waals surface area contributed by atoms with Gasteiger partial charge in [0.1, 0.15) is 6.04 Å². The van der Waals surface area contributed by atoms with Gasteiger partial charge in [-0.3, -0.25) is 4.79 Å². The lowest BCUT2D eigenvalue weighted by molar-refractivity contribution is -0.128. The van der Waals surface area contributed by atoms with Crippen molar-refractivity contribution < 1.29 is 17.9 Å². The van der Waals surface area contributed by atoms with Crippen LogP contribution in [0.2, 0.25) is 0 Å². The van der Waals surface area contributed by atoms with Crippen LogP contribution in [0.3, 0.4) is 0 Å². The van der Waals surface area contributed by atoms with Gasteiger partial charge in [-0.15, -0.1) is 0 Å². The van der Waals surface area contributed by atoms with Crippen LogP contribution in [0, 0.1) is 0 Å². The molecule has 1 heterocycles. The summed E-state index contributed by atoms with van der Waals surface area (Å²) >= 11 is 0. The van der Waals surface area contributed by atoms with Crippen molar-refractivity contribution in [1.82, 2.24) is 9.62 Å². The fourth-order valence-electron chi connectivity index (χ4n) is 1.54. The van der Waals surface area contributed by atoms with Crippen molar-refractivity contribution in [2.75, 3.05) is 26.8 Å². The zero-order valence-electron chi connectivity index (χ0n) is 9.76. The van der Waals surface area contributed by atoms with Crippen molar-refractivity contribution in [3.05, 3.63) is 0 Å². The molecule has 7 heteroatoms. The normalized spacial score (nSPS) is 23.4. The number of nitrogens with one attached hydrogen (secondary N) is 1. The van der Waals surface area contributed by atoms with Crippen LogP contribution in [0.4, 0.5) is 0 Å². The monoisotopic (exact) mass is 250 g/mol. The van der Waals surface area contributed by atoms with E-state index in [1.807, 2.05) is 0 Å². The molecule has 0 radical (unpaired) electrons. The first-order chi connectivity index (χ1) is 7.41. The number of nitrogens with zero attached hydrogens (tertiary/aromatic N) is 1. The number of likely N-dealkylation sites (N-methyl/N-ethyl adjacent to an activating group) is 1. The van der Waals surface area contributed by atoms with Crippen LogP contribution in [0.25, 0.3) is 0 Å². The van der Waals surface area contributed by atoms with Gasteiger partial charge in [0.05, 0.1) is 18.5 Å². The third-order valence-corrected chi connectivity index (χ3v) is 4.83. The molecule has 1 aliphatic rings. The first-order valence-electron chi connectivity index (χ1n) is 5.21. The fourth-order valence-corrected chi connectivity index (χ4v) is 2.92. The Bertz CT molecular complexity index is 353. The molecule has 94 valence electrons. The van der Waals surface area contributed by atoms with Gasteiger partial charge in [0.25, 0.3) is 0 Å². The zero-order valence-corrected chi connectivity index (χ0v) is 10.6. The molecule has 0 aromatic carbocycles. The predicted octanol–water partition coefficient (Wildman–Crippen LogP) is -0.829. The van der Waals surface area contributed by atoms with E-state index in [-0.39, 0.29) is 19.1 Å². The minimum atomic E-state index is -3.41. The van der Waals surface area contributed by atoms with Gasteiger partial charge in [-0.05, 0) is 13.8 Å². The van der Waals surface area contributed by atoms with Gasteiger partial charge in [-0.1, -0.05) is 0 Å². The quantitative estimate of drug-likeness (QED) is 0.709. The largest absolute Gasteiger partial charge is 0.378 e. The number of carbonyl (C=O) groups excluding carboxylic acids is 1. The van der Waals surface area contributed by atoms with E-state index in [1.165, 1.54) is 11.4 Å². The zero-order chi connectivity index (χ0) is 12.3. The van der Waals surface area contributed by atoms with Gasteiger partial charge in [0, 0.05) is 13.6 Å². The minimum Gasteiger partial charge on any atom is -0.378 e. The topological polar surface area (TPSA) is 75.7 Å². The van der Waals surface area contributed by atoms with Gasteiger partial charge in [0.2, 0.25) is 15.9 Å². The molecule has 1 unspecified atom stereocenters. The molecule has 0 aliphatic carbocycles. The highest BCUT2D eigenvalue weighted by Crippen LogP contribution is 2.16. The predicted molar refractivity (Wildman–Crippen MR) is 59.4 cm³/mol. The summed E-state index contributed by atoms with van der Waals surface area (Å²) in [5, 5.41) is 1.92. The molecule has 0 spiro atoms. The molecule has 1 fully saturated rings. The summed E-state index contributed by atoms with van der Waals surface area (Å²) in [6.45, 7) is 3.89. The second-order valence-electron chi connectivity index (χ2n) is 3.91. The maximum Gasteiger partial charge on any atom is 0.240 e. The molecule has 1 rings (SSSR count). The van der Waals surface area contributed by atoms with Crippen LogP contribution in [0.1, 0.15) is 13.8 Å². The first-order valence-corrected chi connectivity index (χ1v) is 6.71. The van der Waals surface area contributed by atoms with Crippen LogP contribution in [-0.2, 0) is 19.6 Å². The lowest BCUT2D eigenvalue weighted by atomic mass is 10.2. The Morgan fingerprint density at radius 1 is 1.50 bits per heavy atom. The molecular formula is C9H18N2O4S. The highest BCUT2D eigenvalue weighted by atomic mass is 32.2. The van der Waals surface area contributed by atoms with Gasteiger partial charge in [0.15, 0.2) is 0 Å². The molecular weight excluding hydrogens is 232 g/mol. The van der Waals surface area contributed by atoms with E-state index >= 15 is 0 Å². The fraction of sp³-hybridized carbons (Fsp3) is 0.889. The van der Waals surface area contributed by atoms with Gasteiger partial charge in [-0.2, -0.15) is 4.31 Å². The van der Waals surface area contributed by atoms with Crippen LogP contribution in [-0.4, -0.2) is 56.7 Å². The molecule has 1 amide bonds. The molecule has 0 bridgehead atoms. The maximum absolute atomic E-state index is 12.0. The van der Waals surface area contributed by atoms with E-state index in [1.54, 1.807) is 13.8 Å². The Balaban J connectivity index is 2.95. The van der Waals surface area contributed by atoms with Gasteiger partial charge < -0.3 is 10.1 Å². The number of ether oxygens (including phenoxy) is 1. The Morgan fingerprint density at radius 2 is 2.12 bits per heavy atom. The molecule has 1 N–H and O–H groups in total. The average molecular weight is 250 g/mol. The number of morpholine rings is 1. The van der Waals surface area contributed by atoms with Crippen molar-refractivity contribution in [3.8, 4) is 0 Å². The molecule has 1 atom stereocenters. The SMILES string of the molecule is CNC(=O)C1COCCN1S(=O)(=O)C(C)C. The lowest BCUT2D eigenvalue weighted by Gasteiger charge is -2.34. The van der Waals surface area contributed by atoms with E-state index in [4.69, 9.17) is 4.74 Å². The van der Waals surface area contributed by atoms with Crippen LogP contribution >= 0.6 is 0 Å². The summed E-state index contributed by atoms with van der Waals surface area (Å²) in [4.78, 5) is 11.5. The number of rotatable bonds is 3. The third-order valence-electron chi connectivity index (χ3n) is 2.55. The minimum absolute atomic E-state index is 0.117. The van der Waals surface area contributed by atoms with Crippen LogP contribution < -0.4 is 5.32 Å². The van der Waals surface area contributed by atoms with Gasteiger partial charge >= 0.3 is 0 Å². The Morgan fingerprint density at radius 3 is 2.62 bits per heavy atom. The van der Waals surface area contributed by atoms with E-state index < -0.39 is 21.3 Å². The molecule has 6 nitrogen and oxygen atoms in total. The second kappa shape index (κ2) is 5.11. The highest BCUT2D eigenvalue weighted by Gasteiger charge is 2.38. The molecule has 16 heavy (non-hydrogen) atoms. The number of carbonyl (C=O) groups is 1. The Kier molecular flexibility index (Phi) is 4.28. The summed E-state index contributed by atoms with van der Waals surface area (Å²) in [7, 11) is -1.93. The lowest BCUT2D eigenvalue weighted by Crippen LogP contribution is -2.56. The number of amides is 1. The average Bonchev–Trinajstić information content (AvgIpc) is 2.27. The third kappa shape index (κ3) is 2.53. The Hall–Kier alpha value is -0.660. The van der Waals surface area contributed by atoms with E-state index in [0.29, 0.717) is 6.61 Å². The summed E-state index contributed by atoms with van der Waals surface area (Å²) in [5.41, 5.74) is 0. The van der Waals surface area contributed by atoms with Crippen molar-refractivity contribution in [3.63, 3.8) is 0 Å². The maximum atomic E-state index is 12.0.